The molecule has 0 N–H and O–H groups in total. The molecule has 0 aliphatic carbocycles. The molecule has 0 unspecified atom stereocenters. The van der Waals surface area contributed by atoms with Gasteiger partial charge in [-0.3, -0.25) is 0 Å². The molecule has 0 aromatic rings. The molecule has 0 aromatic heterocycles. The second kappa shape index (κ2) is 5.45. The van der Waals surface area contributed by atoms with Crippen LogP contribution < -0.4 is 0 Å². The summed E-state index contributed by atoms with van der Waals surface area (Å²) in [6, 6.07) is 0. The molecule has 12 heavy (non-hydrogen) atoms. The largest absolute Gasteiger partial charge is 0.891 e. The van der Waals surface area contributed by atoms with E-state index in [1.54, 1.807) is 0 Å². The van der Waals surface area contributed by atoms with Gasteiger partial charge in [-0.2, -0.15) is 0 Å². The van der Waals surface area contributed by atoms with Crippen molar-refractivity contribution in [3.8, 4) is 0 Å². The van der Waals surface area contributed by atoms with Gasteiger partial charge >= 0.3 is 9.05 Å². The molecule has 5 heteroatoms. The fraction of sp³-hybridized carbons (Fsp3) is 0.143. The fourth-order valence-corrected chi connectivity index (χ4v) is 1.60. The van der Waals surface area contributed by atoms with E-state index in [9.17, 15) is 0 Å². The summed E-state index contributed by atoms with van der Waals surface area (Å²) in [4.78, 5) is 0. The van der Waals surface area contributed by atoms with Crippen LogP contribution in [0.4, 0.5) is 0 Å². The molecule has 0 fully saturated rings. The summed E-state index contributed by atoms with van der Waals surface area (Å²) in [5.74, 6) is 0. The number of hydrogen-bond donors (Lipinski definition) is 0. The number of hydrogen-bond acceptors (Lipinski definition) is 4. The lowest BCUT2D eigenvalue weighted by Crippen LogP contribution is -2.44. The van der Waals surface area contributed by atoms with Crippen molar-refractivity contribution in [3.05, 3.63) is 38.5 Å². The first kappa shape index (κ1) is 10.8. The first-order valence-electron chi connectivity index (χ1n) is 3.16. The highest BCUT2D eigenvalue weighted by atomic mass is 28.4. The van der Waals surface area contributed by atoms with E-state index < -0.39 is 9.05 Å². The topological polar surface area (TPSA) is 36.9 Å². The van der Waals surface area contributed by atoms with Crippen molar-refractivity contribution in [3.63, 3.8) is 0 Å². The highest BCUT2D eigenvalue weighted by Gasteiger charge is 2.50. The molecule has 0 aromatic carbocycles. The van der Waals surface area contributed by atoms with Gasteiger partial charge in [0, 0.05) is 7.11 Å². The maximum absolute atomic E-state index is 4.95. The molecule has 0 saturated carbocycles. The van der Waals surface area contributed by atoms with Crippen LogP contribution in [0.5, 0.6) is 0 Å². The summed E-state index contributed by atoms with van der Waals surface area (Å²) in [5.41, 5.74) is 0. The minimum Gasteiger partial charge on any atom is -0.469 e. The normalized spacial score (nSPS) is 9.75. The Hall–Kier alpha value is -1.20. The van der Waals surface area contributed by atoms with Gasteiger partial charge in [-0.15, -0.1) is 0 Å². The maximum Gasteiger partial charge on any atom is 0.891 e. The predicted molar refractivity (Wildman–Crippen MR) is 46.6 cm³/mol. The quantitative estimate of drug-likeness (QED) is 0.448. The third kappa shape index (κ3) is 2.81. The van der Waals surface area contributed by atoms with Crippen LogP contribution in [-0.4, -0.2) is 16.2 Å². The van der Waals surface area contributed by atoms with E-state index in [-0.39, 0.29) is 0 Å². The van der Waals surface area contributed by atoms with Gasteiger partial charge in [0.05, 0.1) is 18.8 Å². The van der Waals surface area contributed by atoms with E-state index in [2.05, 4.69) is 19.7 Å². The Morgan fingerprint density at radius 2 is 1.25 bits per heavy atom. The van der Waals surface area contributed by atoms with Crippen LogP contribution in [0.25, 0.3) is 0 Å². The van der Waals surface area contributed by atoms with Crippen LogP contribution in [-0.2, 0) is 17.7 Å². The van der Waals surface area contributed by atoms with Gasteiger partial charge in [0.2, 0.25) is 0 Å². The predicted octanol–water partition coefficient (Wildman–Crippen LogP) is 1.55. The standard InChI is InChI=1S/C7H12O4Si/c1-5-9-12(8-4,10-6-2)11-7-3/h5-7H,1-3H2,4H3. The molecule has 4 nitrogen and oxygen atoms in total. The SMILES string of the molecule is C=CO[Si](OC)(OC=C)OC=C. The van der Waals surface area contributed by atoms with Crippen molar-refractivity contribution in [2.75, 3.05) is 7.11 Å². The van der Waals surface area contributed by atoms with Crippen LogP contribution in [0.3, 0.4) is 0 Å². The molecule has 0 aliphatic rings. The molecule has 0 saturated heterocycles. The average molecular weight is 188 g/mol. The monoisotopic (exact) mass is 188 g/mol. The van der Waals surface area contributed by atoms with Crippen molar-refractivity contribution in [1.29, 1.82) is 0 Å². The fourth-order valence-electron chi connectivity index (χ4n) is 0.534. The Morgan fingerprint density at radius 3 is 1.42 bits per heavy atom. The summed E-state index contributed by atoms with van der Waals surface area (Å²) in [5, 5.41) is 0. The average Bonchev–Trinajstić information content (AvgIpc) is 2.06. The summed E-state index contributed by atoms with van der Waals surface area (Å²) in [7, 11) is -1.72. The van der Waals surface area contributed by atoms with Gasteiger partial charge in [0.1, 0.15) is 0 Å². The molecule has 0 rings (SSSR count). The van der Waals surface area contributed by atoms with Crippen LogP contribution in [0.2, 0.25) is 0 Å². The Labute approximate surface area is 73.2 Å². The van der Waals surface area contributed by atoms with E-state index in [0.29, 0.717) is 0 Å². The lowest BCUT2D eigenvalue weighted by atomic mass is 11.2. The third-order valence-electron chi connectivity index (χ3n) is 0.933. The molecule has 0 aliphatic heterocycles. The zero-order chi connectivity index (χ0) is 9.45. The zero-order valence-electron chi connectivity index (χ0n) is 6.99. The minimum absolute atomic E-state index is 1.18. The van der Waals surface area contributed by atoms with Crippen LogP contribution in [0.1, 0.15) is 0 Å². The van der Waals surface area contributed by atoms with Gasteiger partial charge in [0.15, 0.2) is 0 Å². The lowest BCUT2D eigenvalue weighted by Gasteiger charge is -2.21. The molecular weight excluding hydrogens is 176 g/mol. The lowest BCUT2D eigenvalue weighted by molar-refractivity contribution is 0.0630. The third-order valence-corrected chi connectivity index (χ3v) is 2.80. The molecule has 0 bridgehead atoms. The van der Waals surface area contributed by atoms with Crippen LogP contribution in [0, 0.1) is 0 Å². The van der Waals surface area contributed by atoms with Crippen molar-refractivity contribution in [1.82, 2.24) is 0 Å². The van der Waals surface area contributed by atoms with Gasteiger partial charge < -0.3 is 17.7 Å². The van der Waals surface area contributed by atoms with Crippen molar-refractivity contribution < 1.29 is 17.7 Å². The maximum atomic E-state index is 4.95. The molecule has 68 valence electrons. The van der Waals surface area contributed by atoms with Crippen molar-refractivity contribution in [2.45, 2.75) is 0 Å². The Kier molecular flexibility index (Phi) is 4.90. The van der Waals surface area contributed by atoms with Gasteiger partial charge in [-0.05, 0) is 0 Å². The highest BCUT2D eigenvalue weighted by Crippen LogP contribution is 2.11. The number of rotatable bonds is 7. The summed E-state index contributed by atoms with van der Waals surface area (Å²) < 4.78 is 19.8. The van der Waals surface area contributed by atoms with E-state index in [4.69, 9.17) is 17.7 Å². The van der Waals surface area contributed by atoms with Gasteiger partial charge in [-0.1, -0.05) is 19.7 Å². The smallest absolute Gasteiger partial charge is 0.469 e. The zero-order valence-corrected chi connectivity index (χ0v) is 7.99. The van der Waals surface area contributed by atoms with E-state index in [1.165, 1.54) is 25.9 Å². The van der Waals surface area contributed by atoms with E-state index in [0.717, 1.165) is 0 Å². The summed E-state index contributed by atoms with van der Waals surface area (Å²) in [6.07, 6.45) is 3.55. The van der Waals surface area contributed by atoms with Crippen molar-refractivity contribution in [2.24, 2.45) is 0 Å². The molecular formula is C7H12O4Si. The van der Waals surface area contributed by atoms with Gasteiger partial charge in [0.25, 0.3) is 0 Å². The summed E-state index contributed by atoms with van der Waals surface area (Å²) in [6.45, 7) is 10.1. The van der Waals surface area contributed by atoms with E-state index >= 15 is 0 Å². The van der Waals surface area contributed by atoms with Crippen molar-refractivity contribution >= 4 is 9.05 Å². The Morgan fingerprint density at radius 1 is 0.917 bits per heavy atom. The highest BCUT2D eigenvalue weighted by molar-refractivity contribution is 6.54. The Bertz CT molecular complexity index is 142. The minimum atomic E-state index is -3.12. The summed E-state index contributed by atoms with van der Waals surface area (Å²) >= 11 is 0. The molecule has 0 atom stereocenters. The van der Waals surface area contributed by atoms with E-state index in [1.807, 2.05) is 0 Å². The van der Waals surface area contributed by atoms with Crippen LogP contribution in [0.15, 0.2) is 38.5 Å². The second-order valence-corrected chi connectivity index (χ2v) is 3.67. The second-order valence-electron chi connectivity index (χ2n) is 1.56. The molecule has 0 radical (unpaired) electrons. The Balaban J connectivity index is 4.35. The van der Waals surface area contributed by atoms with Crippen LogP contribution >= 0.6 is 0 Å². The molecule has 0 amide bonds. The van der Waals surface area contributed by atoms with Gasteiger partial charge in [-0.25, -0.2) is 0 Å². The first-order chi connectivity index (χ1) is 5.74. The molecule has 0 heterocycles. The first-order valence-corrected chi connectivity index (χ1v) is 4.79. The molecule has 0 spiro atoms.